The molecule has 6 heteroatoms. The quantitative estimate of drug-likeness (QED) is 0.674. The molecule has 0 unspecified atom stereocenters. The van der Waals surface area contributed by atoms with E-state index in [9.17, 15) is 4.79 Å². The lowest BCUT2D eigenvalue weighted by molar-refractivity contribution is 0.0457. The lowest BCUT2D eigenvalue weighted by Crippen LogP contribution is -2.06. The van der Waals surface area contributed by atoms with Crippen molar-refractivity contribution >= 4 is 5.97 Å². The first-order valence-corrected chi connectivity index (χ1v) is 6.94. The Morgan fingerprint density at radius 3 is 2.70 bits per heavy atom. The van der Waals surface area contributed by atoms with Gasteiger partial charge in [-0.25, -0.2) is 9.78 Å². The van der Waals surface area contributed by atoms with Gasteiger partial charge in [0.15, 0.2) is 5.76 Å². The molecule has 0 saturated heterocycles. The molecule has 1 aromatic carbocycles. The van der Waals surface area contributed by atoms with Crippen molar-refractivity contribution in [2.75, 3.05) is 7.11 Å². The number of rotatable bonds is 5. The van der Waals surface area contributed by atoms with Crippen LogP contribution >= 0.6 is 0 Å². The molecule has 2 heterocycles. The number of carbonyl (C=O) groups is 1. The smallest absolute Gasteiger partial charge is 0.357 e. The molecule has 0 amide bonds. The van der Waals surface area contributed by atoms with Crippen molar-refractivity contribution in [3.63, 3.8) is 0 Å². The predicted octanol–water partition coefficient (Wildman–Crippen LogP) is 3.10. The summed E-state index contributed by atoms with van der Waals surface area (Å²) >= 11 is 0. The Balaban J connectivity index is 1.64. The van der Waals surface area contributed by atoms with Crippen LogP contribution in [0.4, 0.5) is 0 Å². The zero-order valence-electron chi connectivity index (χ0n) is 12.4. The predicted molar refractivity (Wildman–Crippen MR) is 81.8 cm³/mol. The summed E-state index contributed by atoms with van der Waals surface area (Å²) in [4.78, 5) is 15.7. The maximum absolute atomic E-state index is 11.8. The van der Waals surface area contributed by atoms with E-state index in [1.54, 1.807) is 31.4 Å². The van der Waals surface area contributed by atoms with E-state index in [-0.39, 0.29) is 12.3 Å². The van der Waals surface area contributed by atoms with Gasteiger partial charge >= 0.3 is 5.97 Å². The van der Waals surface area contributed by atoms with Crippen molar-refractivity contribution in [2.45, 2.75) is 6.61 Å². The fourth-order valence-corrected chi connectivity index (χ4v) is 1.97. The van der Waals surface area contributed by atoms with Gasteiger partial charge in [0.1, 0.15) is 23.7 Å². The fraction of sp³-hybridized carbons (Fsp3) is 0.118. The summed E-state index contributed by atoms with van der Waals surface area (Å²) in [6.07, 6.45) is 1.54. The normalized spacial score (nSPS) is 10.3. The number of ether oxygens (including phenoxy) is 2. The lowest BCUT2D eigenvalue weighted by atomic mass is 10.1. The topological polar surface area (TPSA) is 74.5 Å². The van der Waals surface area contributed by atoms with E-state index in [2.05, 4.69) is 10.1 Å². The van der Waals surface area contributed by atoms with E-state index in [1.807, 2.05) is 24.3 Å². The van der Waals surface area contributed by atoms with Gasteiger partial charge in [0.2, 0.25) is 0 Å². The van der Waals surface area contributed by atoms with Crippen molar-refractivity contribution in [3.8, 4) is 17.1 Å². The second-order valence-electron chi connectivity index (χ2n) is 4.70. The Morgan fingerprint density at radius 1 is 1.17 bits per heavy atom. The summed E-state index contributed by atoms with van der Waals surface area (Å²) in [5, 5.41) is 3.90. The van der Waals surface area contributed by atoms with E-state index in [4.69, 9.17) is 14.0 Å². The van der Waals surface area contributed by atoms with E-state index in [0.717, 1.165) is 11.3 Å². The Hall–Kier alpha value is -3.15. The van der Waals surface area contributed by atoms with Crippen LogP contribution in [0.1, 0.15) is 16.2 Å². The van der Waals surface area contributed by atoms with Gasteiger partial charge in [-0.05, 0) is 36.4 Å². The van der Waals surface area contributed by atoms with Gasteiger partial charge in [0, 0.05) is 17.8 Å². The summed E-state index contributed by atoms with van der Waals surface area (Å²) in [6, 6.07) is 14.2. The molecule has 0 spiro atoms. The number of carbonyl (C=O) groups excluding carboxylic acids is 1. The fourth-order valence-electron chi connectivity index (χ4n) is 1.97. The van der Waals surface area contributed by atoms with Gasteiger partial charge in [-0.2, -0.15) is 0 Å². The van der Waals surface area contributed by atoms with Gasteiger partial charge in [-0.3, -0.25) is 0 Å². The van der Waals surface area contributed by atoms with E-state index in [0.29, 0.717) is 11.5 Å². The van der Waals surface area contributed by atoms with Crippen LogP contribution in [0.25, 0.3) is 11.3 Å². The molecule has 6 nitrogen and oxygen atoms in total. The Bertz CT molecular complexity index is 782. The van der Waals surface area contributed by atoms with Crippen molar-refractivity contribution in [1.82, 2.24) is 10.1 Å². The maximum atomic E-state index is 11.8. The molecule has 0 aliphatic rings. The highest BCUT2D eigenvalue weighted by molar-refractivity contribution is 5.87. The molecule has 0 atom stereocenters. The zero-order valence-corrected chi connectivity index (χ0v) is 12.4. The van der Waals surface area contributed by atoms with E-state index in [1.165, 1.54) is 6.20 Å². The Kier molecular flexibility index (Phi) is 4.33. The van der Waals surface area contributed by atoms with Gasteiger partial charge in [-0.1, -0.05) is 11.2 Å². The van der Waals surface area contributed by atoms with Gasteiger partial charge in [0.25, 0.3) is 0 Å². The van der Waals surface area contributed by atoms with Crippen LogP contribution < -0.4 is 4.74 Å². The van der Waals surface area contributed by atoms with Crippen molar-refractivity contribution in [3.05, 3.63) is 66.1 Å². The van der Waals surface area contributed by atoms with E-state index < -0.39 is 5.97 Å². The first-order chi connectivity index (χ1) is 11.3. The monoisotopic (exact) mass is 310 g/mol. The van der Waals surface area contributed by atoms with Crippen molar-refractivity contribution in [2.24, 2.45) is 0 Å². The van der Waals surface area contributed by atoms with Crippen LogP contribution in [0.2, 0.25) is 0 Å². The van der Waals surface area contributed by atoms with Crippen LogP contribution in [-0.2, 0) is 11.3 Å². The zero-order chi connectivity index (χ0) is 16.1. The van der Waals surface area contributed by atoms with Crippen LogP contribution in [0, 0.1) is 0 Å². The number of nitrogens with zero attached hydrogens (tertiary/aromatic N) is 2. The molecular formula is C17H14N2O4. The number of esters is 1. The number of pyridine rings is 1. The molecule has 0 fully saturated rings. The van der Waals surface area contributed by atoms with Crippen LogP contribution in [0.15, 0.2) is 59.3 Å². The minimum atomic E-state index is -0.500. The number of aromatic nitrogens is 2. The third kappa shape index (κ3) is 3.55. The minimum Gasteiger partial charge on any atom is -0.497 e. The second-order valence-corrected chi connectivity index (χ2v) is 4.70. The Morgan fingerprint density at radius 2 is 2.00 bits per heavy atom. The minimum absolute atomic E-state index is 0.0229. The maximum Gasteiger partial charge on any atom is 0.357 e. The Labute approximate surface area is 132 Å². The van der Waals surface area contributed by atoms with E-state index >= 15 is 0 Å². The molecule has 0 aliphatic carbocycles. The number of benzene rings is 1. The third-order valence-corrected chi connectivity index (χ3v) is 3.16. The van der Waals surface area contributed by atoms with Crippen LogP contribution in [0.5, 0.6) is 5.75 Å². The summed E-state index contributed by atoms with van der Waals surface area (Å²) in [6.45, 7) is 0.0229. The number of hydrogen-bond acceptors (Lipinski definition) is 6. The average Bonchev–Trinajstić information content (AvgIpc) is 3.09. The highest BCUT2D eigenvalue weighted by Crippen LogP contribution is 2.23. The molecular weight excluding hydrogens is 296 g/mol. The first-order valence-electron chi connectivity index (χ1n) is 6.94. The molecule has 0 N–H and O–H groups in total. The summed E-state index contributed by atoms with van der Waals surface area (Å²) in [5.41, 5.74) is 1.65. The molecule has 116 valence electrons. The SMILES string of the molecule is COc1ccc(-c2cc(COC(=O)c3ccccn3)no2)cc1. The number of methoxy groups -OCH3 is 1. The molecule has 0 saturated carbocycles. The molecule has 0 radical (unpaired) electrons. The first kappa shape index (κ1) is 14.8. The number of hydrogen-bond donors (Lipinski definition) is 0. The molecule has 2 aromatic heterocycles. The van der Waals surface area contributed by atoms with Crippen LogP contribution in [-0.4, -0.2) is 23.2 Å². The summed E-state index contributed by atoms with van der Waals surface area (Å²) < 4.78 is 15.5. The standard InChI is InChI=1S/C17H14N2O4/c1-21-14-7-5-12(6-8-14)16-10-13(19-23-16)11-22-17(20)15-4-2-3-9-18-15/h2-10H,11H2,1H3. The highest BCUT2D eigenvalue weighted by Gasteiger charge is 2.11. The summed E-state index contributed by atoms with van der Waals surface area (Å²) in [7, 11) is 1.61. The molecule has 3 rings (SSSR count). The second kappa shape index (κ2) is 6.74. The van der Waals surface area contributed by atoms with Crippen LogP contribution in [0.3, 0.4) is 0 Å². The average molecular weight is 310 g/mol. The molecule has 23 heavy (non-hydrogen) atoms. The van der Waals surface area contributed by atoms with Crippen molar-refractivity contribution in [1.29, 1.82) is 0 Å². The highest BCUT2D eigenvalue weighted by atomic mass is 16.5. The van der Waals surface area contributed by atoms with Gasteiger partial charge in [0.05, 0.1) is 7.11 Å². The van der Waals surface area contributed by atoms with Crippen molar-refractivity contribution < 1.29 is 18.8 Å². The molecule has 3 aromatic rings. The molecule has 0 bridgehead atoms. The molecule has 0 aliphatic heterocycles. The lowest BCUT2D eigenvalue weighted by Gasteiger charge is -2.00. The van der Waals surface area contributed by atoms with Gasteiger partial charge in [-0.15, -0.1) is 0 Å². The largest absolute Gasteiger partial charge is 0.497 e. The third-order valence-electron chi connectivity index (χ3n) is 3.16. The van der Waals surface area contributed by atoms with Gasteiger partial charge < -0.3 is 14.0 Å². The summed E-state index contributed by atoms with van der Waals surface area (Å²) in [5.74, 6) is 0.855.